The molecule has 0 bridgehead atoms. The van der Waals surface area contributed by atoms with Crippen LogP contribution in [0.3, 0.4) is 0 Å². The van der Waals surface area contributed by atoms with Gasteiger partial charge in [-0.25, -0.2) is 0 Å². The normalized spacial score (nSPS) is 16.0. The number of carbonyl (C=O) groups is 2. The van der Waals surface area contributed by atoms with Crippen LogP contribution in [0.1, 0.15) is 28.4 Å². The van der Waals surface area contributed by atoms with Gasteiger partial charge in [-0.15, -0.1) is 0 Å². The number of rotatable bonds is 4. The molecule has 5 nitrogen and oxygen atoms in total. The maximum Gasteiger partial charge on any atom is 0.251 e. The van der Waals surface area contributed by atoms with E-state index in [9.17, 15) is 9.59 Å². The van der Waals surface area contributed by atoms with Crippen molar-refractivity contribution in [2.24, 2.45) is 0 Å². The summed E-state index contributed by atoms with van der Waals surface area (Å²) in [6, 6.07) is 14.0. The highest BCUT2D eigenvalue weighted by molar-refractivity contribution is 7.99. The molecule has 0 spiro atoms. The molecule has 0 saturated carbocycles. The number of hydrogen-bond acceptors (Lipinski definition) is 4. The average Bonchev–Trinajstić information content (AvgIpc) is 3.16. The second-order valence-corrected chi connectivity index (χ2v) is 8.44. The van der Waals surface area contributed by atoms with Crippen molar-refractivity contribution in [2.45, 2.75) is 19.9 Å². The van der Waals surface area contributed by atoms with E-state index in [1.807, 2.05) is 23.9 Å². The van der Waals surface area contributed by atoms with Gasteiger partial charge in [-0.05, 0) is 47.9 Å². The first kappa shape index (κ1) is 18.9. The zero-order valence-corrected chi connectivity index (χ0v) is 16.9. The molecule has 0 unspecified atom stereocenters. The van der Waals surface area contributed by atoms with E-state index in [2.05, 4.69) is 34.5 Å². The van der Waals surface area contributed by atoms with Crippen LogP contribution in [-0.2, 0) is 17.8 Å². The molecule has 1 N–H and O–H groups in total. The van der Waals surface area contributed by atoms with Gasteiger partial charge in [-0.3, -0.25) is 9.59 Å². The number of hydrogen-bond donors (Lipinski definition) is 1. The molecule has 2 heterocycles. The Morgan fingerprint density at radius 1 is 1.04 bits per heavy atom. The third-order valence-electron chi connectivity index (χ3n) is 5.38. The van der Waals surface area contributed by atoms with Crippen molar-refractivity contribution in [3.8, 4) is 0 Å². The summed E-state index contributed by atoms with van der Waals surface area (Å²) in [5, 5.41) is 3.00. The molecular weight excluding hydrogens is 370 g/mol. The van der Waals surface area contributed by atoms with E-state index in [1.54, 1.807) is 17.9 Å². The summed E-state index contributed by atoms with van der Waals surface area (Å²) < 4.78 is 0. The molecule has 2 amide bonds. The van der Waals surface area contributed by atoms with Crippen molar-refractivity contribution < 1.29 is 9.59 Å². The molecule has 6 heteroatoms. The Morgan fingerprint density at radius 3 is 2.50 bits per heavy atom. The Bertz CT molecular complexity index is 876. The summed E-state index contributed by atoms with van der Waals surface area (Å²) >= 11 is 2.01. The van der Waals surface area contributed by atoms with Crippen molar-refractivity contribution in [1.29, 1.82) is 0 Å². The van der Waals surface area contributed by atoms with Crippen LogP contribution in [0.25, 0.3) is 0 Å². The predicted octanol–water partition coefficient (Wildman–Crippen LogP) is 3.08. The maximum atomic E-state index is 12.5. The van der Waals surface area contributed by atoms with E-state index in [0.717, 1.165) is 36.3 Å². The Hall–Kier alpha value is -2.47. The van der Waals surface area contributed by atoms with Crippen LogP contribution in [0, 0.1) is 0 Å². The fraction of sp³-hybridized carbons (Fsp3) is 0.364. The molecule has 0 aliphatic carbocycles. The number of nitrogens with one attached hydrogen (secondary N) is 1. The van der Waals surface area contributed by atoms with E-state index in [4.69, 9.17) is 0 Å². The summed E-state index contributed by atoms with van der Waals surface area (Å²) in [5.74, 6) is 2.33. The van der Waals surface area contributed by atoms with Crippen LogP contribution < -0.4 is 15.1 Å². The first-order valence-corrected chi connectivity index (χ1v) is 10.9. The zero-order chi connectivity index (χ0) is 19.5. The van der Waals surface area contributed by atoms with Gasteiger partial charge in [0.25, 0.3) is 5.91 Å². The third-order valence-corrected chi connectivity index (χ3v) is 6.33. The van der Waals surface area contributed by atoms with Crippen LogP contribution >= 0.6 is 11.8 Å². The lowest BCUT2D eigenvalue weighted by Crippen LogP contribution is -2.32. The number of nitrogens with zero attached hydrogens (tertiary/aromatic N) is 2. The van der Waals surface area contributed by atoms with Crippen LogP contribution in [-0.4, -0.2) is 43.0 Å². The monoisotopic (exact) mass is 395 g/mol. The van der Waals surface area contributed by atoms with Crippen LogP contribution in [0.2, 0.25) is 0 Å². The lowest BCUT2D eigenvalue weighted by atomic mass is 10.1. The van der Waals surface area contributed by atoms with E-state index >= 15 is 0 Å². The number of carbonyl (C=O) groups excluding carboxylic acids is 2. The van der Waals surface area contributed by atoms with Gasteiger partial charge in [-0.2, -0.15) is 11.8 Å². The van der Waals surface area contributed by atoms with Gasteiger partial charge < -0.3 is 15.1 Å². The molecule has 28 heavy (non-hydrogen) atoms. The van der Waals surface area contributed by atoms with Crippen molar-refractivity contribution in [2.75, 3.05) is 40.9 Å². The molecule has 2 aromatic rings. The number of thioether (sulfide) groups is 1. The number of amides is 2. The second kappa shape index (κ2) is 8.27. The van der Waals surface area contributed by atoms with Crippen LogP contribution in [0.4, 0.5) is 11.4 Å². The standard InChI is InChI=1S/C22H25N3O2S/c1-16(26)25-9-8-18-14-19(4-7-21(18)25)22(27)23-15-17-2-5-20(6-3-17)24-10-12-28-13-11-24/h2-7,14H,8-13,15H2,1H3,(H,23,27). The molecule has 2 aliphatic rings. The molecule has 0 radical (unpaired) electrons. The van der Waals surface area contributed by atoms with Crippen molar-refractivity contribution >= 4 is 35.0 Å². The summed E-state index contributed by atoms with van der Waals surface area (Å²) in [6.45, 7) is 4.97. The Kier molecular flexibility index (Phi) is 5.57. The largest absolute Gasteiger partial charge is 0.370 e. The molecule has 1 fully saturated rings. The lowest BCUT2D eigenvalue weighted by Gasteiger charge is -2.28. The van der Waals surface area contributed by atoms with Gasteiger partial charge in [0.1, 0.15) is 0 Å². The number of anilines is 2. The van der Waals surface area contributed by atoms with Gasteiger partial charge in [0.15, 0.2) is 0 Å². The van der Waals surface area contributed by atoms with E-state index in [1.165, 1.54) is 17.2 Å². The second-order valence-electron chi connectivity index (χ2n) is 7.21. The minimum atomic E-state index is -0.0822. The van der Waals surface area contributed by atoms with Crippen LogP contribution in [0.5, 0.6) is 0 Å². The van der Waals surface area contributed by atoms with Gasteiger partial charge in [0, 0.05) is 61.5 Å². The summed E-state index contributed by atoms with van der Waals surface area (Å²) in [5.41, 5.74) is 4.98. The molecule has 146 valence electrons. The lowest BCUT2D eigenvalue weighted by molar-refractivity contribution is -0.116. The molecular formula is C22H25N3O2S. The van der Waals surface area contributed by atoms with E-state index < -0.39 is 0 Å². The highest BCUT2D eigenvalue weighted by Crippen LogP contribution is 2.29. The molecule has 4 rings (SSSR count). The predicted molar refractivity (Wildman–Crippen MR) is 115 cm³/mol. The molecule has 2 aliphatic heterocycles. The fourth-order valence-electron chi connectivity index (χ4n) is 3.80. The first-order chi connectivity index (χ1) is 13.6. The molecule has 2 aromatic carbocycles. The number of fused-ring (bicyclic) bond motifs is 1. The fourth-order valence-corrected chi connectivity index (χ4v) is 4.70. The smallest absolute Gasteiger partial charge is 0.251 e. The molecule has 1 saturated heterocycles. The summed E-state index contributed by atoms with van der Waals surface area (Å²) in [7, 11) is 0. The summed E-state index contributed by atoms with van der Waals surface area (Å²) in [4.78, 5) is 28.4. The van der Waals surface area contributed by atoms with E-state index in [-0.39, 0.29) is 11.8 Å². The van der Waals surface area contributed by atoms with E-state index in [0.29, 0.717) is 18.7 Å². The Labute approximate surface area is 170 Å². The van der Waals surface area contributed by atoms with Gasteiger partial charge in [0.2, 0.25) is 5.91 Å². The van der Waals surface area contributed by atoms with Gasteiger partial charge in [0.05, 0.1) is 0 Å². The van der Waals surface area contributed by atoms with Crippen molar-refractivity contribution in [3.63, 3.8) is 0 Å². The Morgan fingerprint density at radius 2 is 1.79 bits per heavy atom. The Balaban J connectivity index is 1.36. The summed E-state index contributed by atoms with van der Waals surface area (Å²) in [6.07, 6.45) is 0.798. The van der Waals surface area contributed by atoms with Crippen molar-refractivity contribution in [1.82, 2.24) is 5.32 Å². The highest BCUT2D eigenvalue weighted by atomic mass is 32.2. The third kappa shape index (κ3) is 4.02. The first-order valence-electron chi connectivity index (χ1n) is 9.73. The maximum absolute atomic E-state index is 12.5. The SMILES string of the molecule is CC(=O)N1CCc2cc(C(=O)NCc3ccc(N4CCSCC4)cc3)ccc21. The quantitative estimate of drug-likeness (QED) is 0.864. The minimum absolute atomic E-state index is 0.0442. The molecule has 0 atom stereocenters. The van der Waals surface area contributed by atoms with Crippen molar-refractivity contribution in [3.05, 3.63) is 59.2 Å². The minimum Gasteiger partial charge on any atom is -0.370 e. The topological polar surface area (TPSA) is 52.7 Å². The highest BCUT2D eigenvalue weighted by Gasteiger charge is 2.23. The number of benzene rings is 2. The zero-order valence-electron chi connectivity index (χ0n) is 16.1. The van der Waals surface area contributed by atoms with Crippen LogP contribution in [0.15, 0.2) is 42.5 Å². The van der Waals surface area contributed by atoms with Gasteiger partial charge >= 0.3 is 0 Å². The molecule has 0 aromatic heterocycles. The average molecular weight is 396 g/mol. The van der Waals surface area contributed by atoms with Gasteiger partial charge in [-0.1, -0.05) is 12.1 Å².